The van der Waals surface area contributed by atoms with Gasteiger partial charge in [0.2, 0.25) is 11.8 Å². The molecule has 0 saturated heterocycles. The van der Waals surface area contributed by atoms with E-state index in [1.165, 1.54) is 0 Å². The number of hydrogen-bond acceptors (Lipinski definition) is 6. The first-order chi connectivity index (χ1) is 11.3. The highest BCUT2D eigenvalue weighted by molar-refractivity contribution is 6.30. The number of aromatic nitrogens is 2. The SMILES string of the molecule is CC(C)(NC(=O)c1cccc(Cl)c1)c1noc(CNC(=O)CN)n1. The van der Waals surface area contributed by atoms with Crippen molar-refractivity contribution in [3.05, 3.63) is 46.6 Å². The lowest BCUT2D eigenvalue weighted by Gasteiger charge is -2.22. The minimum Gasteiger partial charge on any atom is -0.346 e. The smallest absolute Gasteiger partial charge is 0.252 e. The number of benzene rings is 1. The summed E-state index contributed by atoms with van der Waals surface area (Å²) in [6, 6.07) is 6.60. The third-order valence-corrected chi connectivity index (χ3v) is 3.40. The first-order valence-electron chi connectivity index (χ1n) is 7.20. The highest BCUT2D eigenvalue weighted by atomic mass is 35.5. The highest BCUT2D eigenvalue weighted by Crippen LogP contribution is 2.18. The van der Waals surface area contributed by atoms with Crippen LogP contribution in [0.1, 0.15) is 35.9 Å². The predicted molar refractivity (Wildman–Crippen MR) is 87.1 cm³/mol. The van der Waals surface area contributed by atoms with Gasteiger partial charge in [-0.05, 0) is 32.0 Å². The zero-order valence-corrected chi connectivity index (χ0v) is 14.1. The maximum atomic E-state index is 12.3. The van der Waals surface area contributed by atoms with Crippen LogP contribution in [0.2, 0.25) is 5.02 Å². The van der Waals surface area contributed by atoms with Crippen LogP contribution in [-0.2, 0) is 16.9 Å². The number of carbonyl (C=O) groups excluding carboxylic acids is 2. The van der Waals surface area contributed by atoms with E-state index in [9.17, 15) is 9.59 Å². The second kappa shape index (κ2) is 7.41. The maximum Gasteiger partial charge on any atom is 0.252 e. The van der Waals surface area contributed by atoms with E-state index >= 15 is 0 Å². The first kappa shape index (κ1) is 17.9. The van der Waals surface area contributed by atoms with Gasteiger partial charge in [-0.15, -0.1) is 0 Å². The van der Waals surface area contributed by atoms with Crippen LogP contribution in [0.15, 0.2) is 28.8 Å². The van der Waals surface area contributed by atoms with Crippen molar-refractivity contribution in [2.24, 2.45) is 5.73 Å². The van der Waals surface area contributed by atoms with Crippen LogP contribution in [0.5, 0.6) is 0 Å². The molecule has 0 spiro atoms. The van der Waals surface area contributed by atoms with Crippen LogP contribution < -0.4 is 16.4 Å². The molecule has 0 radical (unpaired) electrons. The van der Waals surface area contributed by atoms with E-state index in [1.54, 1.807) is 38.1 Å². The standard InChI is InChI=1S/C15H18ClN5O3/c1-15(2,20-13(23)9-4-3-5-10(16)6-9)14-19-12(24-21-14)8-18-11(22)7-17/h3-6H,7-8,17H2,1-2H3,(H,18,22)(H,20,23). The number of rotatable bonds is 6. The molecule has 1 heterocycles. The monoisotopic (exact) mass is 351 g/mol. The summed E-state index contributed by atoms with van der Waals surface area (Å²) >= 11 is 5.89. The Hall–Kier alpha value is -2.45. The number of nitrogens with zero attached hydrogens (tertiary/aromatic N) is 2. The number of nitrogens with one attached hydrogen (secondary N) is 2. The maximum absolute atomic E-state index is 12.3. The molecule has 24 heavy (non-hydrogen) atoms. The van der Waals surface area contributed by atoms with Gasteiger partial charge in [-0.1, -0.05) is 22.8 Å². The average molecular weight is 352 g/mol. The molecule has 1 aromatic carbocycles. The number of amides is 2. The lowest BCUT2D eigenvalue weighted by atomic mass is 10.0. The number of halogens is 1. The predicted octanol–water partition coefficient (Wildman–Crippen LogP) is 0.963. The van der Waals surface area contributed by atoms with Gasteiger partial charge < -0.3 is 20.9 Å². The van der Waals surface area contributed by atoms with E-state index in [1.807, 2.05) is 0 Å². The summed E-state index contributed by atoms with van der Waals surface area (Å²) in [7, 11) is 0. The van der Waals surface area contributed by atoms with Gasteiger partial charge in [-0.2, -0.15) is 4.98 Å². The van der Waals surface area contributed by atoms with Crippen LogP contribution in [-0.4, -0.2) is 28.5 Å². The summed E-state index contributed by atoms with van der Waals surface area (Å²) in [6.07, 6.45) is 0. The lowest BCUT2D eigenvalue weighted by Crippen LogP contribution is -2.41. The molecule has 4 N–H and O–H groups in total. The van der Waals surface area contributed by atoms with Crippen LogP contribution in [0, 0.1) is 0 Å². The van der Waals surface area contributed by atoms with E-state index in [4.69, 9.17) is 21.9 Å². The Balaban J connectivity index is 2.05. The van der Waals surface area contributed by atoms with E-state index < -0.39 is 5.54 Å². The molecule has 2 aromatic rings. The molecule has 0 bridgehead atoms. The van der Waals surface area contributed by atoms with Gasteiger partial charge in [-0.3, -0.25) is 9.59 Å². The molecular formula is C15H18ClN5O3. The van der Waals surface area contributed by atoms with Crippen molar-refractivity contribution < 1.29 is 14.1 Å². The molecule has 0 aliphatic heterocycles. The van der Waals surface area contributed by atoms with Crippen molar-refractivity contribution in [1.29, 1.82) is 0 Å². The Bertz CT molecular complexity index is 744. The van der Waals surface area contributed by atoms with E-state index in [-0.39, 0.29) is 36.6 Å². The summed E-state index contributed by atoms with van der Waals surface area (Å²) in [4.78, 5) is 27.6. The van der Waals surface area contributed by atoms with Gasteiger partial charge in [0.15, 0.2) is 5.82 Å². The molecule has 0 fully saturated rings. The van der Waals surface area contributed by atoms with Crippen molar-refractivity contribution >= 4 is 23.4 Å². The summed E-state index contributed by atoms with van der Waals surface area (Å²) in [6.45, 7) is 3.43. The molecule has 2 rings (SSSR count). The fourth-order valence-electron chi connectivity index (χ4n) is 1.87. The van der Waals surface area contributed by atoms with Crippen LogP contribution in [0.3, 0.4) is 0 Å². The fourth-order valence-corrected chi connectivity index (χ4v) is 2.06. The van der Waals surface area contributed by atoms with Gasteiger partial charge in [0.05, 0.1) is 18.6 Å². The molecule has 0 saturated carbocycles. The van der Waals surface area contributed by atoms with E-state index in [0.717, 1.165) is 0 Å². The van der Waals surface area contributed by atoms with Gasteiger partial charge in [0, 0.05) is 10.6 Å². The average Bonchev–Trinajstić information content (AvgIpc) is 3.02. The third-order valence-electron chi connectivity index (χ3n) is 3.16. The highest BCUT2D eigenvalue weighted by Gasteiger charge is 2.29. The van der Waals surface area contributed by atoms with Gasteiger partial charge >= 0.3 is 0 Å². The number of hydrogen-bond donors (Lipinski definition) is 3. The molecule has 0 unspecified atom stereocenters. The lowest BCUT2D eigenvalue weighted by molar-refractivity contribution is -0.120. The summed E-state index contributed by atoms with van der Waals surface area (Å²) < 4.78 is 5.06. The zero-order chi connectivity index (χ0) is 17.7. The normalized spacial score (nSPS) is 11.2. The minimum absolute atomic E-state index is 0.0708. The van der Waals surface area contributed by atoms with E-state index in [2.05, 4.69) is 20.8 Å². The molecule has 2 amide bonds. The summed E-state index contributed by atoms with van der Waals surface area (Å²) in [5.41, 5.74) is 4.75. The molecule has 9 heteroatoms. The Morgan fingerprint density at radius 1 is 1.38 bits per heavy atom. The van der Waals surface area contributed by atoms with Gasteiger partial charge in [-0.25, -0.2) is 0 Å². The Kier molecular flexibility index (Phi) is 5.53. The van der Waals surface area contributed by atoms with Crippen molar-refractivity contribution in [3.8, 4) is 0 Å². The fraction of sp³-hybridized carbons (Fsp3) is 0.333. The molecule has 0 aliphatic carbocycles. The summed E-state index contributed by atoms with van der Waals surface area (Å²) in [5, 5.41) is 9.66. The van der Waals surface area contributed by atoms with Crippen molar-refractivity contribution in [1.82, 2.24) is 20.8 Å². The Morgan fingerprint density at radius 2 is 2.12 bits per heavy atom. The van der Waals surface area contributed by atoms with Crippen molar-refractivity contribution in [2.45, 2.75) is 25.9 Å². The molecule has 0 aliphatic rings. The second-order valence-corrected chi connectivity index (χ2v) is 6.02. The Morgan fingerprint density at radius 3 is 2.79 bits per heavy atom. The third kappa shape index (κ3) is 4.53. The largest absolute Gasteiger partial charge is 0.346 e. The molecule has 128 valence electrons. The van der Waals surface area contributed by atoms with Crippen molar-refractivity contribution in [2.75, 3.05) is 6.54 Å². The summed E-state index contributed by atoms with van der Waals surface area (Å²) in [5.74, 6) is -0.139. The molecular weight excluding hydrogens is 334 g/mol. The zero-order valence-electron chi connectivity index (χ0n) is 13.3. The molecule has 8 nitrogen and oxygen atoms in total. The number of carbonyl (C=O) groups is 2. The molecule has 1 aromatic heterocycles. The van der Waals surface area contributed by atoms with E-state index in [0.29, 0.717) is 10.6 Å². The van der Waals surface area contributed by atoms with Gasteiger partial charge in [0.25, 0.3) is 5.91 Å². The quantitative estimate of drug-likeness (QED) is 0.712. The van der Waals surface area contributed by atoms with Crippen molar-refractivity contribution in [3.63, 3.8) is 0 Å². The first-order valence-corrected chi connectivity index (χ1v) is 7.57. The Labute approximate surface area is 143 Å². The van der Waals surface area contributed by atoms with Crippen LogP contribution in [0.25, 0.3) is 0 Å². The number of nitrogens with two attached hydrogens (primary N) is 1. The van der Waals surface area contributed by atoms with Gasteiger partial charge in [0.1, 0.15) is 0 Å². The molecule has 0 atom stereocenters. The van der Waals surface area contributed by atoms with Crippen LogP contribution in [0.4, 0.5) is 0 Å². The van der Waals surface area contributed by atoms with Crippen LogP contribution >= 0.6 is 11.6 Å². The topological polar surface area (TPSA) is 123 Å². The second-order valence-electron chi connectivity index (χ2n) is 5.58. The minimum atomic E-state index is -0.876.